The van der Waals surface area contributed by atoms with Crippen LogP contribution >= 0.6 is 27.3 Å². The van der Waals surface area contributed by atoms with Crippen molar-refractivity contribution in [2.75, 3.05) is 6.54 Å². The molecular formula is C11H14BrNO3S. The van der Waals surface area contributed by atoms with Gasteiger partial charge in [-0.2, -0.15) is 0 Å². The molecule has 94 valence electrons. The van der Waals surface area contributed by atoms with Gasteiger partial charge in [0.2, 0.25) is 5.91 Å². The van der Waals surface area contributed by atoms with Gasteiger partial charge < -0.3 is 10.4 Å². The van der Waals surface area contributed by atoms with Crippen LogP contribution in [0, 0.1) is 5.41 Å². The van der Waals surface area contributed by atoms with E-state index in [1.807, 2.05) is 12.1 Å². The summed E-state index contributed by atoms with van der Waals surface area (Å²) in [5, 5.41) is 11.5. The summed E-state index contributed by atoms with van der Waals surface area (Å²) in [5.74, 6) is -1.57. The minimum absolute atomic E-state index is 0.447. The molecule has 0 radical (unpaired) electrons. The molecule has 0 fully saturated rings. The van der Waals surface area contributed by atoms with Crippen LogP contribution in [0.15, 0.2) is 15.9 Å². The highest BCUT2D eigenvalue weighted by molar-refractivity contribution is 9.11. The van der Waals surface area contributed by atoms with Crippen molar-refractivity contribution in [2.24, 2.45) is 5.41 Å². The fraction of sp³-hybridized carbons (Fsp3) is 0.455. The number of hydrogen-bond donors (Lipinski definition) is 2. The fourth-order valence-corrected chi connectivity index (χ4v) is 2.59. The Hall–Kier alpha value is -0.880. The van der Waals surface area contributed by atoms with Gasteiger partial charge in [-0.1, -0.05) is 0 Å². The Morgan fingerprint density at radius 2 is 2.12 bits per heavy atom. The number of carbonyl (C=O) groups excluding carboxylic acids is 1. The molecular weight excluding hydrogens is 306 g/mol. The number of aliphatic carboxylic acids is 1. The summed E-state index contributed by atoms with van der Waals surface area (Å²) in [5.41, 5.74) is -1.38. The first-order valence-electron chi connectivity index (χ1n) is 5.10. The Bertz CT molecular complexity index is 428. The number of halogens is 1. The molecule has 17 heavy (non-hydrogen) atoms. The molecule has 0 atom stereocenters. The Balaban J connectivity index is 2.42. The van der Waals surface area contributed by atoms with E-state index in [0.717, 1.165) is 8.66 Å². The number of carboxylic acids is 1. The highest BCUT2D eigenvalue weighted by Gasteiger charge is 2.35. The molecule has 1 aromatic heterocycles. The predicted octanol–water partition coefficient (Wildman–Crippen LogP) is 2.28. The van der Waals surface area contributed by atoms with E-state index in [-0.39, 0.29) is 0 Å². The van der Waals surface area contributed by atoms with Gasteiger partial charge in [0, 0.05) is 11.4 Å². The van der Waals surface area contributed by atoms with Crippen molar-refractivity contribution in [1.82, 2.24) is 5.32 Å². The second kappa shape index (κ2) is 5.64. The molecule has 0 spiro atoms. The van der Waals surface area contributed by atoms with Gasteiger partial charge >= 0.3 is 5.97 Å². The lowest BCUT2D eigenvalue weighted by Gasteiger charge is -2.18. The Morgan fingerprint density at radius 1 is 1.47 bits per heavy atom. The zero-order valence-electron chi connectivity index (χ0n) is 9.62. The summed E-state index contributed by atoms with van der Waals surface area (Å²) in [4.78, 5) is 23.6. The third-order valence-corrected chi connectivity index (χ3v) is 4.07. The zero-order valence-corrected chi connectivity index (χ0v) is 12.0. The molecule has 0 aliphatic rings. The lowest BCUT2D eigenvalue weighted by molar-refractivity contribution is -0.153. The molecule has 1 rings (SSSR count). The molecule has 1 amide bonds. The summed E-state index contributed by atoms with van der Waals surface area (Å²) in [6.45, 7) is 3.24. The summed E-state index contributed by atoms with van der Waals surface area (Å²) in [7, 11) is 0. The minimum atomic E-state index is -1.38. The number of carboxylic acid groups (broad SMARTS) is 1. The minimum Gasteiger partial charge on any atom is -0.480 e. The maximum atomic E-state index is 11.6. The van der Waals surface area contributed by atoms with E-state index in [2.05, 4.69) is 21.2 Å². The van der Waals surface area contributed by atoms with Crippen molar-refractivity contribution in [1.29, 1.82) is 0 Å². The average Bonchev–Trinajstić information content (AvgIpc) is 2.63. The van der Waals surface area contributed by atoms with Crippen molar-refractivity contribution in [3.8, 4) is 0 Å². The van der Waals surface area contributed by atoms with Gasteiger partial charge in [0.05, 0.1) is 3.79 Å². The summed E-state index contributed by atoms with van der Waals surface area (Å²) >= 11 is 4.96. The highest BCUT2D eigenvalue weighted by Crippen LogP contribution is 2.22. The molecule has 0 saturated carbocycles. The molecule has 0 bridgehead atoms. The molecule has 0 aliphatic carbocycles. The van der Waals surface area contributed by atoms with Crippen molar-refractivity contribution >= 4 is 39.1 Å². The van der Waals surface area contributed by atoms with Crippen LogP contribution in [-0.2, 0) is 16.0 Å². The molecule has 6 heteroatoms. The molecule has 0 saturated heterocycles. The monoisotopic (exact) mass is 319 g/mol. The third-order valence-electron chi connectivity index (χ3n) is 2.39. The predicted molar refractivity (Wildman–Crippen MR) is 70.1 cm³/mol. The molecule has 0 aromatic carbocycles. The summed E-state index contributed by atoms with van der Waals surface area (Å²) in [6, 6.07) is 3.92. The van der Waals surface area contributed by atoms with Crippen molar-refractivity contribution in [3.63, 3.8) is 0 Å². The van der Waals surface area contributed by atoms with Crippen molar-refractivity contribution < 1.29 is 14.7 Å². The van der Waals surface area contributed by atoms with Crippen LogP contribution in [0.3, 0.4) is 0 Å². The molecule has 1 aromatic rings. The fourth-order valence-electron chi connectivity index (χ4n) is 1.10. The van der Waals surface area contributed by atoms with E-state index < -0.39 is 17.3 Å². The number of hydrogen-bond acceptors (Lipinski definition) is 3. The smallest absolute Gasteiger partial charge is 0.318 e. The molecule has 4 nitrogen and oxygen atoms in total. The van der Waals surface area contributed by atoms with E-state index in [1.54, 1.807) is 11.3 Å². The topological polar surface area (TPSA) is 66.4 Å². The van der Waals surface area contributed by atoms with E-state index in [0.29, 0.717) is 13.0 Å². The lowest BCUT2D eigenvalue weighted by atomic mass is 9.93. The van der Waals surface area contributed by atoms with Gasteiger partial charge in [0.25, 0.3) is 0 Å². The standard InChI is InChI=1S/C11H14BrNO3S/c1-11(2,10(15)16)9(14)13-6-5-7-3-4-8(12)17-7/h3-4H,5-6H2,1-2H3,(H,13,14)(H,15,16). The Kier molecular flexibility index (Phi) is 4.70. The molecule has 0 unspecified atom stereocenters. The van der Waals surface area contributed by atoms with Crippen LogP contribution in [0.5, 0.6) is 0 Å². The van der Waals surface area contributed by atoms with Gasteiger partial charge in [-0.3, -0.25) is 9.59 Å². The van der Waals surface area contributed by atoms with E-state index in [4.69, 9.17) is 5.11 Å². The second-order valence-electron chi connectivity index (χ2n) is 4.14. The van der Waals surface area contributed by atoms with Crippen LogP contribution in [0.4, 0.5) is 0 Å². The van der Waals surface area contributed by atoms with E-state index in [9.17, 15) is 9.59 Å². The van der Waals surface area contributed by atoms with Crippen LogP contribution in [0.1, 0.15) is 18.7 Å². The average molecular weight is 320 g/mol. The van der Waals surface area contributed by atoms with Gasteiger partial charge in [-0.05, 0) is 48.3 Å². The first-order valence-corrected chi connectivity index (χ1v) is 6.71. The van der Waals surface area contributed by atoms with Crippen molar-refractivity contribution in [3.05, 3.63) is 20.8 Å². The SMILES string of the molecule is CC(C)(C(=O)O)C(=O)NCCc1ccc(Br)s1. The Labute approximate surface area is 112 Å². The molecule has 2 N–H and O–H groups in total. The van der Waals surface area contributed by atoms with Crippen LogP contribution in [0.25, 0.3) is 0 Å². The largest absolute Gasteiger partial charge is 0.480 e. The van der Waals surface area contributed by atoms with Gasteiger partial charge in [0.15, 0.2) is 0 Å². The summed E-state index contributed by atoms with van der Waals surface area (Å²) in [6.07, 6.45) is 0.706. The number of thiophene rings is 1. The number of carbonyl (C=O) groups is 2. The number of rotatable bonds is 5. The van der Waals surface area contributed by atoms with E-state index >= 15 is 0 Å². The lowest BCUT2D eigenvalue weighted by Crippen LogP contribution is -2.42. The first-order chi connectivity index (χ1) is 7.84. The van der Waals surface area contributed by atoms with Crippen LogP contribution in [-0.4, -0.2) is 23.5 Å². The maximum Gasteiger partial charge on any atom is 0.318 e. The third kappa shape index (κ3) is 3.81. The zero-order chi connectivity index (χ0) is 13.1. The maximum absolute atomic E-state index is 11.6. The van der Waals surface area contributed by atoms with Crippen LogP contribution in [0.2, 0.25) is 0 Å². The number of amides is 1. The normalized spacial score (nSPS) is 11.2. The molecule has 1 heterocycles. The Morgan fingerprint density at radius 3 is 2.59 bits per heavy atom. The van der Waals surface area contributed by atoms with Gasteiger partial charge in [0.1, 0.15) is 5.41 Å². The van der Waals surface area contributed by atoms with Crippen molar-refractivity contribution in [2.45, 2.75) is 20.3 Å². The van der Waals surface area contributed by atoms with Gasteiger partial charge in [-0.25, -0.2) is 0 Å². The molecule has 0 aliphatic heterocycles. The first kappa shape index (κ1) is 14.2. The number of nitrogens with one attached hydrogen (secondary N) is 1. The van der Waals surface area contributed by atoms with Gasteiger partial charge in [-0.15, -0.1) is 11.3 Å². The second-order valence-corrected chi connectivity index (χ2v) is 6.69. The van der Waals surface area contributed by atoms with Crippen LogP contribution < -0.4 is 5.32 Å². The van der Waals surface area contributed by atoms with E-state index in [1.165, 1.54) is 13.8 Å². The summed E-state index contributed by atoms with van der Waals surface area (Å²) < 4.78 is 1.05. The highest BCUT2D eigenvalue weighted by atomic mass is 79.9. The quantitative estimate of drug-likeness (QED) is 0.818.